The fourth-order valence-electron chi connectivity index (χ4n) is 2.17. The zero-order chi connectivity index (χ0) is 14.5. The molecule has 0 saturated heterocycles. The van der Waals surface area contributed by atoms with Crippen LogP contribution in [0.4, 0.5) is 0 Å². The number of carbonyl (C=O) groups excluding carboxylic acids is 1. The Morgan fingerprint density at radius 1 is 1.50 bits per heavy atom. The molecule has 2 heterocycles. The molecule has 0 bridgehead atoms. The summed E-state index contributed by atoms with van der Waals surface area (Å²) in [5.74, 6) is 1.43. The van der Waals surface area contributed by atoms with E-state index in [2.05, 4.69) is 15.3 Å². The van der Waals surface area contributed by atoms with Gasteiger partial charge in [-0.2, -0.15) is 0 Å². The molecule has 0 aliphatic heterocycles. The number of carbonyl (C=O) groups is 1. The van der Waals surface area contributed by atoms with Crippen molar-refractivity contribution >= 4 is 28.7 Å². The fourth-order valence-corrected chi connectivity index (χ4v) is 2.34. The molecule has 0 fully saturated rings. The first kappa shape index (κ1) is 14.8. The number of amides is 1. The van der Waals surface area contributed by atoms with Gasteiger partial charge in [0.25, 0.3) is 0 Å². The zero-order valence-electron chi connectivity index (χ0n) is 11.8. The van der Waals surface area contributed by atoms with Gasteiger partial charge < -0.3 is 9.88 Å². The Morgan fingerprint density at radius 3 is 3.00 bits per heavy atom. The molecule has 0 radical (unpaired) electrons. The van der Waals surface area contributed by atoms with E-state index >= 15 is 0 Å². The molecule has 5 nitrogen and oxygen atoms in total. The SMILES string of the molecule is CCNC(=O)CCn1c(CCCl)nc2cc(C)cnc21. The molecule has 0 aromatic carbocycles. The molecule has 0 unspecified atom stereocenters. The minimum atomic E-state index is 0.0401. The Bertz CT molecular complexity index is 608. The third kappa shape index (κ3) is 3.28. The van der Waals surface area contributed by atoms with Crippen molar-refractivity contribution < 1.29 is 4.79 Å². The Labute approximate surface area is 123 Å². The number of pyridine rings is 1. The largest absolute Gasteiger partial charge is 0.356 e. The van der Waals surface area contributed by atoms with Crippen LogP contribution >= 0.6 is 11.6 Å². The van der Waals surface area contributed by atoms with Crippen molar-refractivity contribution in [2.75, 3.05) is 12.4 Å². The van der Waals surface area contributed by atoms with Gasteiger partial charge in [-0.15, -0.1) is 11.6 Å². The molecule has 2 rings (SSSR count). The van der Waals surface area contributed by atoms with Crippen LogP contribution < -0.4 is 5.32 Å². The standard InChI is InChI=1S/C14H19ClN4O/c1-3-16-13(20)5-7-19-12(4-6-15)18-11-8-10(2)9-17-14(11)19/h8-9H,3-7H2,1-2H3,(H,16,20). The van der Waals surface area contributed by atoms with E-state index in [0.29, 0.717) is 31.8 Å². The molecule has 2 aromatic rings. The smallest absolute Gasteiger partial charge is 0.221 e. The average Bonchev–Trinajstić information content (AvgIpc) is 2.74. The lowest BCUT2D eigenvalue weighted by atomic mass is 10.3. The number of alkyl halides is 1. The number of aryl methyl sites for hydroxylation is 3. The van der Waals surface area contributed by atoms with Crippen LogP contribution in [0.1, 0.15) is 24.7 Å². The van der Waals surface area contributed by atoms with E-state index in [9.17, 15) is 4.79 Å². The lowest BCUT2D eigenvalue weighted by molar-refractivity contribution is -0.121. The summed E-state index contributed by atoms with van der Waals surface area (Å²) >= 11 is 5.83. The van der Waals surface area contributed by atoms with Gasteiger partial charge in [0, 0.05) is 38.0 Å². The summed E-state index contributed by atoms with van der Waals surface area (Å²) in [6, 6.07) is 2.00. The highest BCUT2D eigenvalue weighted by atomic mass is 35.5. The van der Waals surface area contributed by atoms with E-state index < -0.39 is 0 Å². The van der Waals surface area contributed by atoms with Crippen molar-refractivity contribution in [1.29, 1.82) is 0 Å². The second-order valence-electron chi connectivity index (χ2n) is 4.68. The van der Waals surface area contributed by atoms with Crippen LogP contribution in [-0.2, 0) is 17.8 Å². The van der Waals surface area contributed by atoms with Gasteiger partial charge in [0.15, 0.2) is 5.65 Å². The first-order valence-corrected chi connectivity index (χ1v) is 7.33. The number of imidazole rings is 1. The highest BCUT2D eigenvalue weighted by molar-refractivity contribution is 6.17. The number of nitrogens with zero attached hydrogens (tertiary/aromatic N) is 3. The lowest BCUT2D eigenvalue weighted by Gasteiger charge is -2.07. The van der Waals surface area contributed by atoms with Crippen LogP contribution in [0.2, 0.25) is 0 Å². The van der Waals surface area contributed by atoms with Gasteiger partial charge in [0.1, 0.15) is 11.3 Å². The van der Waals surface area contributed by atoms with Crippen molar-refractivity contribution in [1.82, 2.24) is 19.9 Å². The average molecular weight is 295 g/mol. The molecule has 1 N–H and O–H groups in total. The summed E-state index contributed by atoms with van der Waals surface area (Å²) in [5, 5.41) is 2.80. The molecule has 1 amide bonds. The van der Waals surface area contributed by atoms with Gasteiger partial charge in [-0.25, -0.2) is 9.97 Å². The molecule has 108 valence electrons. The Hall–Kier alpha value is -1.62. The molecule has 0 atom stereocenters. The third-order valence-electron chi connectivity index (χ3n) is 3.06. The van der Waals surface area contributed by atoms with Gasteiger partial charge in [0.05, 0.1) is 0 Å². The summed E-state index contributed by atoms with van der Waals surface area (Å²) in [6.45, 7) is 5.12. The summed E-state index contributed by atoms with van der Waals surface area (Å²) in [4.78, 5) is 20.6. The number of rotatable bonds is 6. The van der Waals surface area contributed by atoms with Crippen molar-refractivity contribution in [3.8, 4) is 0 Å². The highest BCUT2D eigenvalue weighted by Crippen LogP contribution is 2.16. The predicted molar refractivity (Wildman–Crippen MR) is 80.0 cm³/mol. The Balaban J connectivity index is 2.28. The molecule has 20 heavy (non-hydrogen) atoms. The number of fused-ring (bicyclic) bond motifs is 1. The van der Waals surface area contributed by atoms with Gasteiger partial charge in [-0.05, 0) is 25.5 Å². The number of aromatic nitrogens is 3. The van der Waals surface area contributed by atoms with Crippen molar-refractivity contribution in [2.45, 2.75) is 33.2 Å². The molecule has 0 aliphatic rings. The maximum Gasteiger partial charge on any atom is 0.221 e. The number of halogens is 1. The normalized spacial score (nSPS) is 10.9. The molecular weight excluding hydrogens is 276 g/mol. The van der Waals surface area contributed by atoms with Crippen LogP contribution in [0.5, 0.6) is 0 Å². The minimum Gasteiger partial charge on any atom is -0.356 e. The molecule has 0 spiro atoms. The molecule has 6 heteroatoms. The van der Waals surface area contributed by atoms with Crippen molar-refractivity contribution in [2.24, 2.45) is 0 Å². The van der Waals surface area contributed by atoms with Crippen LogP contribution in [0, 0.1) is 6.92 Å². The summed E-state index contributed by atoms with van der Waals surface area (Å²) < 4.78 is 1.99. The van der Waals surface area contributed by atoms with Crippen LogP contribution in [-0.4, -0.2) is 32.9 Å². The van der Waals surface area contributed by atoms with Gasteiger partial charge in [0.2, 0.25) is 5.91 Å². The number of hydrogen-bond acceptors (Lipinski definition) is 3. The first-order chi connectivity index (χ1) is 9.65. The Morgan fingerprint density at radius 2 is 2.30 bits per heavy atom. The molecule has 0 saturated carbocycles. The topological polar surface area (TPSA) is 59.8 Å². The number of nitrogens with one attached hydrogen (secondary N) is 1. The van der Waals surface area contributed by atoms with Crippen molar-refractivity contribution in [3.05, 3.63) is 23.7 Å². The van der Waals surface area contributed by atoms with Crippen molar-refractivity contribution in [3.63, 3.8) is 0 Å². The van der Waals surface area contributed by atoms with E-state index in [1.807, 2.05) is 30.7 Å². The second kappa shape index (κ2) is 6.70. The van der Waals surface area contributed by atoms with E-state index in [-0.39, 0.29) is 5.91 Å². The third-order valence-corrected chi connectivity index (χ3v) is 3.24. The summed E-state index contributed by atoms with van der Waals surface area (Å²) in [7, 11) is 0. The minimum absolute atomic E-state index is 0.0401. The van der Waals surface area contributed by atoms with E-state index in [1.54, 1.807) is 0 Å². The monoisotopic (exact) mass is 294 g/mol. The first-order valence-electron chi connectivity index (χ1n) is 6.80. The summed E-state index contributed by atoms with van der Waals surface area (Å²) in [5.41, 5.74) is 2.75. The molecule has 0 aliphatic carbocycles. The van der Waals surface area contributed by atoms with Crippen LogP contribution in [0.15, 0.2) is 12.3 Å². The van der Waals surface area contributed by atoms with Crippen LogP contribution in [0.25, 0.3) is 11.2 Å². The second-order valence-corrected chi connectivity index (χ2v) is 5.06. The molecule has 2 aromatic heterocycles. The van der Waals surface area contributed by atoms with Gasteiger partial charge >= 0.3 is 0 Å². The van der Waals surface area contributed by atoms with E-state index in [4.69, 9.17) is 11.6 Å². The fraction of sp³-hybridized carbons (Fsp3) is 0.500. The maximum atomic E-state index is 11.6. The van der Waals surface area contributed by atoms with Gasteiger partial charge in [-0.3, -0.25) is 4.79 Å². The van der Waals surface area contributed by atoms with Crippen LogP contribution in [0.3, 0.4) is 0 Å². The number of hydrogen-bond donors (Lipinski definition) is 1. The zero-order valence-corrected chi connectivity index (χ0v) is 12.6. The van der Waals surface area contributed by atoms with Gasteiger partial charge in [-0.1, -0.05) is 0 Å². The Kier molecular flexibility index (Phi) is 4.95. The predicted octanol–water partition coefficient (Wildman–Crippen LogP) is 2.05. The lowest BCUT2D eigenvalue weighted by Crippen LogP contribution is -2.24. The highest BCUT2D eigenvalue weighted by Gasteiger charge is 2.12. The molecular formula is C14H19ClN4O. The van der Waals surface area contributed by atoms with E-state index in [1.165, 1.54) is 0 Å². The summed E-state index contributed by atoms with van der Waals surface area (Å²) in [6.07, 6.45) is 2.91. The quantitative estimate of drug-likeness (QED) is 0.830. The van der Waals surface area contributed by atoms with E-state index in [0.717, 1.165) is 22.6 Å². The maximum absolute atomic E-state index is 11.6.